The van der Waals surface area contributed by atoms with Crippen molar-refractivity contribution in [3.05, 3.63) is 59.0 Å². The van der Waals surface area contributed by atoms with Crippen LogP contribution in [0.2, 0.25) is 0 Å². The number of aromatic nitrogens is 3. The molecule has 1 amide bonds. The molecule has 0 bridgehead atoms. The van der Waals surface area contributed by atoms with Crippen molar-refractivity contribution in [2.45, 2.75) is 10.8 Å². The van der Waals surface area contributed by atoms with Gasteiger partial charge in [0.15, 0.2) is 0 Å². The zero-order valence-corrected chi connectivity index (χ0v) is 20.2. The molecule has 0 fully saturated rings. The van der Waals surface area contributed by atoms with Crippen molar-refractivity contribution in [1.29, 1.82) is 10.5 Å². The third-order valence-electron chi connectivity index (χ3n) is 4.82. The van der Waals surface area contributed by atoms with Crippen LogP contribution < -0.4 is 15.4 Å². The van der Waals surface area contributed by atoms with Crippen LogP contribution in [0.15, 0.2) is 41.7 Å². The van der Waals surface area contributed by atoms with Crippen molar-refractivity contribution in [1.82, 2.24) is 20.3 Å². The number of carbonyl (C=O) groups excluding carboxylic acids is 1. The second-order valence-corrected chi connectivity index (χ2v) is 8.10. The summed E-state index contributed by atoms with van der Waals surface area (Å²) in [6.45, 7) is -0.0973. The Kier molecular flexibility index (Phi) is 9.54. The molecular formula is C24H23N7O4S. The van der Waals surface area contributed by atoms with E-state index in [1.807, 2.05) is 0 Å². The minimum atomic E-state index is -0.312. The summed E-state index contributed by atoms with van der Waals surface area (Å²) in [4.78, 5) is 24.7. The Morgan fingerprint density at radius 3 is 2.58 bits per heavy atom. The molecule has 0 spiro atoms. The zero-order chi connectivity index (χ0) is 25.9. The van der Waals surface area contributed by atoms with Gasteiger partial charge >= 0.3 is 0 Å². The van der Waals surface area contributed by atoms with E-state index in [0.29, 0.717) is 21.9 Å². The monoisotopic (exact) mass is 505 g/mol. The van der Waals surface area contributed by atoms with Crippen molar-refractivity contribution < 1.29 is 19.7 Å². The molecule has 184 valence electrons. The molecule has 0 aliphatic heterocycles. The van der Waals surface area contributed by atoms with Crippen LogP contribution in [0.3, 0.4) is 0 Å². The fraction of sp³-hybridized carbons (Fsp3) is 0.250. The molecule has 4 N–H and O–H groups in total. The van der Waals surface area contributed by atoms with Gasteiger partial charge in [0.25, 0.3) is 5.91 Å². The maximum absolute atomic E-state index is 11.9. The maximum atomic E-state index is 11.9. The first kappa shape index (κ1) is 26.4. The molecule has 0 unspecified atom stereocenters. The first-order valence-corrected chi connectivity index (χ1v) is 11.8. The second kappa shape index (κ2) is 13.0. The van der Waals surface area contributed by atoms with Gasteiger partial charge in [-0.2, -0.15) is 10.5 Å². The van der Waals surface area contributed by atoms with E-state index in [-0.39, 0.29) is 60.8 Å². The Bertz CT molecular complexity index is 1300. The van der Waals surface area contributed by atoms with Gasteiger partial charge in [0.2, 0.25) is 5.88 Å². The number of hydrogen-bond acceptors (Lipinski definition) is 11. The molecule has 3 rings (SSSR count). The molecule has 0 aliphatic carbocycles. The number of thioether (sulfide) groups is 1. The van der Waals surface area contributed by atoms with E-state index in [1.54, 1.807) is 24.3 Å². The number of pyridine rings is 3. The summed E-state index contributed by atoms with van der Waals surface area (Å²) in [7, 11) is 1.52. The van der Waals surface area contributed by atoms with E-state index < -0.39 is 0 Å². The smallest absolute Gasteiger partial charge is 0.269 e. The fourth-order valence-electron chi connectivity index (χ4n) is 3.20. The number of rotatable bonds is 11. The number of nitrogens with zero attached hydrogens (tertiary/aromatic N) is 5. The molecule has 0 saturated carbocycles. The molecule has 3 heterocycles. The van der Waals surface area contributed by atoms with Gasteiger partial charge in [-0.3, -0.25) is 9.78 Å². The number of ether oxygens (including phenoxy) is 1. The van der Waals surface area contributed by atoms with Crippen LogP contribution in [-0.4, -0.2) is 64.5 Å². The van der Waals surface area contributed by atoms with E-state index in [2.05, 4.69) is 37.7 Å². The minimum absolute atomic E-state index is 0.0845. The van der Waals surface area contributed by atoms with Crippen molar-refractivity contribution in [2.24, 2.45) is 0 Å². The summed E-state index contributed by atoms with van der Waals surface area (Å²) < 4.78 is 5.30. The van der Waals surface area contributed by atoms with Gasteiger partial charge in [-0.05, 0) is 23.8 Å². The summed E-state index contributed by atoms with van der Waals surface area (Å²) in [5, 5.41) is 44.0. The number of carbonyl (C=O) groups is 1. The molecule has 3 aromatic rings. The number of aliphatic hydroxyl groups excluding tert-OH is 2. The summed E-state index contributed by atoms with van der Waals surface area (Å²) >= 11 is 1.26. The lowest BCUT2D eigenvalue weighted by Gasteiger charge is -2.16. The molecule has 0 radical (unpaired) electrons. The Hall–Kier alpha value is -4.23. The van der Waals surface area contributed by atoms with Gasteiger partial charge in [-0.1, -0.05) is 0 Å². The Balaban J connectivity index is 2.05. The fourth-order valence-corrected chi connectivity index (χ4v) is 4.13. The van der Waals surface area contributed by atoms with Gasteiger partial charge in [0.05, 0.1) is 18.8 Å². The topological polar surface area (TPSA) is 177 Å². The van der Waals surface area contributed by atoms with Crippen LogP contribution >= 0.6 is 11.8 Å². The molecule has 0 aromatic carbocycles. The van der Waals surface area contributed by atoms with Crippen molar-refractivity contribution >= 4 is 23.5 Å². The summed E-state index contributed by atoms with van der Waals surface area (Å²) in [6.07, 6.45) is 3.01. The Morgan fingerprint density at radius 2 is 1.94 bits per heavy atom. The molecule has 0 saturated heterocycles. The van der Waals surface area contributed by atoms with E-state index in [1.165, 1.54) is 31.2 Å². The van der Waals surface area contributed by atoms with Crippen LogP contribution in [0, 0.1) is 22.7 Å². The molecule has 36 heavy (non-hydrogen) atoms. The molecule has 0 aliphatic rings. The van der Waals surface area contributed by atoms with Gasteiger partial charge in [0.1, 0.15) is 40.8 Å². The Labute approximate surface area is 211 Å². The average Bonchev–Trinajstić information content (AvgIpc) is 2.93. The third kappa shape index (κ3) is 6.25. The summed E-state index contributed by atoms with van der Waals surface area (Å²) in [6, 6.07) is 10.9. The summed E-state index contributed by atoms with van der Waals surface area (Å²) in [5.41, 5.74) is 2.24. The van der Waals surface area contributed by atoms with Gasteiger partial charge < -0.3 is 25.6 Å². The van der Waals surface area contributed by atoms with E-state index in [9.17, 15) is 20.4 Å². The minimum Gasteiger partial charge on any atom is -0.475 e. The highest BCUT2D eigenvalue weighted by molar-refractivity contribution is 7.98. The highest BCUT2D eigenvalue weighted by Gasteiger charge is 2.22. The molecular weight excluding hydrogens is 482 g/mol. The second-order valence-electron chi connectivity index (χ2n) is 7.14. The number of nitrogens with one attached hydrogen (secondary N) is 2. The third-order valence-corrected chi connectivity index (χ3v) is 5.86. The van der Waals surface area contributed by atoms with Crippen molar-refractivity contribution in [3.63, 3.8) is 0 Å². The quantitative estimate of drug-likeness (QED) is 0.279. The predicted octanol–water partition coefficient (Wildman–Crippen LogP) is 1.71. The predicted molar refractivity (Wildman–Crippen MR) is 132 cm³/mol. The van der Waals surface area contributed by atoms with Gasteiger partial charge in [0, 0.05) is 48.9 Å². The lowest BCUT2D eigenvalue weighted by molar-refractivity contribution is 0.0958. The van der Waals surface area contributed by atoms with Crippen LogP contribution in [-0.2, 0) is 5.75 Å². The molecule has 12 heteroatoms. The maximum Gasteiger partial charge on any atom is 0.269 e. The SMILES string of the molecule is CNC(=O)c1cc(CSc2nc(NCCO)c(C#N)c(-c3ccc(OCCO)nc3)c2C#N)ccn1. The van der Waals surface area contributed by atoms with Gasteiger partial charge in [-0.15, -0.1) is 11.8 Å². The highest BCUT2D eigenvalue weighted by Crippen LogP contribution is 2.37. The number of anilines is 1. The number of aliphatic hydroxyl groups is 2. The van der Waals surface area contributed by atoms with Gasteiger partial charge in [-0.25, -0.2) is 9.97 Å². The van der Waals surface area contributed by atoms with Crippen LogP contribution in [0.5, 0.6) is 5.88 Å². The number of hydrogen-bond donors (Lipinski definition) is 4. The number of amides is 1. The lowest BCUT2D eigenvalue weighted by atomic mass is 9.98. The van der Waals surface area contributed by atoms with E-state index in [0.717, 1.165) is 5.56 Å². The largest absolute Gasteiger partial charge is 0.475 e. The van der Waals surface area contributed by atoms with E-state index >= 15 is 0 Å². The zero-order valence-electron chi connectivity index (χ0n) is 19.4. The number of nitriles is 2. The van der Waals surface area contributed by atoms with Crippen LogP contribution in [0.1, 0.15) is 27.2 Å². The van der Waals surface area contributed by atoms with Crippen LogP contribution in [0.4, 0.5) is 5.82 Å². The standard InChI is InChI=1S/C24H23N7O4S/c1-27-23(34)19-10-15(4-5-28-19)14-36-24-18(12-26)21(17(11-25)22(31-24)29-6-7-32)16-2-3-20(30-13-16)35-9-8-33/h2-5,10,13,32-33H,6-9,14H2,1H3,(H,27,34)(H,29,31). The highest BCUT2D eigenvalue weighted by atomic mass is 32.2. The molecule has 11 nitrogen and oxygen atoms in total. The first-order chi connectivity index (χ1) is 17.6. The summed E-state index contributed by atoms with van der Waals surface area (Å²) in [5.74, 6) is 0.583. The molecule has 0 atom stereocenters. The lowest BCUT2D eigenvalue weighted by Crippen LogP contribution is -2.19. The Morgan fingerprint density at radius 1 is 1.14 bits per heavy atom. The normalized spacial score (nSPS) is 10.2. The first-order valence-electron chi connectivity index (χ1n) is 10.8. The van der Waals surface area contributed by atoms with Crippen LogP contribution in [0.25, 0.3) is 11.1 Å². The van der Waals surface area contributed by atoms with E-state index in [4.69, 9.17) is 9.84 Å². The van der Waals surface area contributed by atoms with Crippen molar-refractivity contribution in [2.75, 3.05) is 38.7 Å². The molecule has 3 aromatic heterocycles. The van der Waals surface area contributed by atoms with Crippen molar-refractivity contribution in [3.8, 4) is 29.1 Å². The average molecular weight is 506 g/mol.